The second-order valence-corrected chi connectivity index (χ2v) is 6.81. The van der Waals surface area contributed by atoms with Gasteiger partial charge in [0.15, 0.2) is 11.4 Å². The van der Waals surface area contributed by atoms with Gasteiger partial charge in [0.05, 0.1) is 11.5 Å². The number of hydrogen-bond donors (Lipinski definition) is 1. The molecule has 0 radical (unpaired) electrons. The summed E-state index contributed by atoms with van der Waals surface area (Å²) in [6, 6.07) is 1.70. The SMILES string of the molecule is CC=C(/C=C\C(=C/C)[N+](=O)[O-])c1cc(COC(/C=C\COC(C)(CC)C(=O)O)=C/C)on1. The van der Waals surface area contributed by atoms with E-state index in [-0.39, 0.29) is 18.9 Å². The highest BCUT2D eigenvalue weighted by atomic mass is 16.6. The minimum atomic E-state index is -1.23. The van der Waals surface area contributed by atoms with Gasteiger partial charge >= 0.3 is 5.97 Å². The fraction of sp³-hybridized carbons (Fsp3) is 0.391. The minimum Gasteiger partial charge on any atom is -0.486 e. The molecule has 9 heteroatoms. The number of carboxylic acid groups (broad SMARTS) is 1. The summed E-state index contributed by atoms with van der Waals surface area (Å²) < 4.78 is 16.4. The Bertz CT molecular complexity index is 938. The zero-order chi connectivity index (χ0) is 24.1. The van der Waals surface area contributed by atoms with Gasteiger partial charge in [0.1, 0.15) is 18.1 Å². The van der Waals surface area contributed by atoms with Crippen LogP contribution in [0.2, 0.25) is 0 Å². The highest BCUT2D eigenvalue weighted by Gasteiger charge is 2.31. The maximum atomic E-state index is 11.2. The molecule has 0 fully saturated rings. The van der Waals surface area contributed by atoms with Crippen molar-refractivity contribution in [3.8, 4) is 0 Å². The van der Waals surface area contributed by atoms with E-state index in [4.69, 9.17) is 14.0 Å². The van der Waals surface area contributed by atoms with Crippen LogP contribution in [0, 0.1) is 10.1 Å². The quantitative estimate of drug-likeness (QED) is 0.193. The molecule has 0 amide bonds. The molecule has 1 atom stereocenters. The van der Waals surface area contributed by atoms with Crippen molar-refractivity contribution in [2.24, 2.45) is 0 Å². The number of aliphatic carboxylic acids is 1. The maximum absolute atomic E-state index is 11.2. The molecule has 1 unspecified atom stereocenters. The van der Waals surface area contributed by atoms with E-state index in [1.165, 1.54) is 19.1 Å². The lowest BCUT2D eigenvalue weighted by Crippen LogP contribution is -2.37. The van der Waals surface area contributed by atoms with Crippen LogP contribution in [-0.4, -0.2) is 33.4 Å². The van der Waals surface area contributed by atoms with Crippen molar-refractivity contribution in [1.29, 1.82) is 0 Å². The lowest BCUT2D eigenvalue weighted by atomic mass is 10.0. The number of nitrogens with zero attached hydrogens (tertiary/aromatic N) is 2. The third kappa shape index (κ3) is 7.99. The summed E-state index contributed by atoms with van der Waals surface area (Å²) >= 11 is 0. The van der Waals surface area contributed by atoms with Crippen molar-refractivity contribution in [2.75, 3.05) is 6.61 Å². The number of hydrogen-bond acceptors (Lipinski definition) is 7. The molecule has 0 saturated heterocycles. The highest BCUT2D eigenvalue weighted by molar-refractivity contribution is 5.76. The Hall–Kier alpha value is -3.46. The molecular weight excluding hydrogens is 416 g/mol. The molecule has 1 heterocycles. The number of nitro groups is 1. The van der Waals surface area contributed by atoms with E-state index in [9.17, 15) is 20.0 Å². The smallest absolute Gasteiger partial charge is 0.335 e. The molecular formula is C23H30N2O7. The van der Waals surface area contributed by atoms with E-state index in [2.05, 4.69) is 5.16 Å². The predicted molar refractivity (Wildman–Crippen MR) is 120 cm³/mol. The Morgan fingerprint density at radius 1 is 1.25 bits per heavy atom. The number of carbonyl (C=O) groups is 1. The second-order valence-electron chi connectivity index (χ2n) is 6.81. The number of allylic oxidation sites excluding steroid dienone is 7. The van der Waals surface area contributed by atoms with Gasteiger partial charge in [-0.15, -0.1) is 0 Å². The zero-order valence-corrected chi connectivity index (χ0v) is 19.0. The third-order valence-corrected chi connectivity index (χ3v) is 4.68. The van der Waals surface area contributed by atoms with Crippen LogP contribution in [0.25, 0.3) is 5.57 Å². The van der Waals surface area contributed by atoms with E-state index in [1.54, 1.807) is 64.1 Å². The van der Waals surface area contributed by atoms with E-state index in [1.807, 2.05) is 0 Å². The first-order valence-corrected chi connectivity index (χ1v) is 10.1. The summed E-state index contributed by atoms with van der Waals surface area (Å²) in [5.41, 5.74) is -0.0573. The summed E-state index contributed by atoms with van der Waals surface area (Å²) in [7, 11) is 0. The molecule has 32 heavy (non-hydrogen) atoms. The van der Waals surface area contributed by atoms with Crippen LogP contribution in [0.1, 0.15) is 52.5 Å². The summed E-state index contributed by atoms with van der Waals surface area (Å²) in [5.74, 6) is 0.0179. The summed E-state index contributed by atoms with van der Waals surface area (Å²) in [6.07, 6.45) is 11.6. The van der Waals surface area contributed by atoms with Gasteiger partial charge in [0, 0.05) is 12.1 Å². The number of aromatic nitrogens is 1. The zero-order valence-electron chi connectivity index (χ0n) is 19.0. The van der Waals surface area contributed by atoms with Crippen LogP contribution in [-0.2, 0) is 20.9 Å². The van der Waals surface area contributed by atoms with Crippen molar-refractivity contribution in [2.45, 2.75) is 53.2 Å². The standard InChI is InChI=1S/C23H30N2O7/c1-6-17(12-13-18(7-2)25(28)29)21-15-20(32-24-21)16-30-19(8-3)11-10-14-31-23(5,9-4)22(26)27/h6-8,10-13,15H,9,14,16H2,1-5H3,(H,26,27)/b11-10-,13-12-,17-6?,18-7+,19-8+. The van der Waals surface area contributed by atoms with Crippen LogP contribution in [0.5, 0.6) is 0 Å². The normalized spacial score (nSPS) is 15.3. The highest BCUT2D eigenvalue weighted by Crippen LogP contribution is 2.19. The van der Waals surface area contributed by atoms with Gasteiger partial charge in [0.25, 0.3) is 5.70 Å². The molecule has 1 aromatic heterocycles. The molecule has 9 nitrogen and oxygen atoms in total. The van der Waals surface area contributed by atoms with Gasteiger partial charge in [-0.3, -0.25) is 10.1 Å². The van der Waals surface area contributed by atoms with Gasteiger partial charge in [-0.05, 0) is 64.0 Å². The minimum absolute atomic E-state index is 0.0208. The monoisotopic (exact) mass is 446 g/mol. The Labute approximate surface area is 187 Å². The van der Waals surface area contributed by atoms with Crippen molar-refractivity contribution in [3.05, 3.63) is 81.6 Å². The van der Waals surface area contributed by atoms with Crippen molar-refractivity contribution < 1.29 is 28.8 Å². The Morgan fingerprint density at radius 3 is 2.50 bits per heavy atom. The van der Waals surface area contributed by atoms with E-state index >= 15 is 0 Å². The van der Waals surface area contributed by atoms with Crippen LogP contribution in [0.4, 0.5) is 0 Å². The molecule has 0 spiro atoms. The van der Waals surface area contributed by atoms with Gasteiger partial charge in [-0.25, -0.2) is 4.79 Å². The Kier molecular flexibility index (Phi) is 10.8. The summed E-state index contributed by atoms with van der Waals surface area (Å²) in [5, 5.41) is 24.1. The predicted octanol–water partition coefficient (Wildman–Crippen LogP) is 5.06. The first-order chi connectivity index (χ1) is 15.2. The molecule has 0 saturated carbocycles. The average molecular weight is 447 g/mol. The number of ether oxygens (including phenoxy) is 2. The van der Waals surface area contributed by atoms with Gasteiger partial charge in [-0.2, -0.15) is 0 Å². The van der Waals surface area contributed by atoms with Crippen molar-refractivity contribution in [3.63, 3.8) is 0 Å². The summed E-state index contributed by atoms with van der Waals surface area (Å²) in [4.78, 5) is 21.7. The first-order valence-electron chi connectivity index (χ1n) is 10.1. The number of rotatable bonds is 13. The van der Waals surface area contributed by atoms with Crippen LogP contribution in [0.3, 0.4) is 0 Å². The average Bonchev–Trinajstić information content (AvgIpc) is 3.24. The van der Waals surface area contributed by atoms with E-state index < -0.39 is 16.5 Å². The first kappa shape index (κ1) is 26.6. The lowest BCUT2D eigenvalue weighted by Gasteiger charge is -2.22. The fourth-order valence-corrected chi connectivity index (χ4v) is 2.38. The van der Waals surface area contributed by atoms with Crippen LogP contribution >= 0.6 is 0 Å². The van der Waals surface area contributed by atoms with Gasteiger partial charge < -0.3 is 19.1 Å². The van der Waals surface area contributed by atoms with E-state index in [0.717, 1.165) is 0 Å². The molecule has 0 bridgehead atoms. The third-order valence-electron chi connectivity index (χ3n) is 4.68. The van der Waals surface area contributed by atoms with Crippen molar-refractivity contribution >= 4 is 11.5 Å². The second kappa shape index (κ2) is 13.1. The van der Waals surface area contributed by atoms with E-state index in [0.29, 0.717) is 29.2 Å². The largest absolute Gasteiger partial charge is 0.486 e. The van der Waals surface area contributed by atoms with Crippen molar-refractivity contribution in [1.82, 2.24) is 5.16 Å². The fourth-order valence-electron chi connectivity index (χ4n) is 2.38. The van der Waals surface area contributed by atoms with Gasteiger partial charge in [0.2, 0.25) is 0 Å². The molecule has 1 rings (SSSR count). The molecule has 1 aromatic rings. The van der Waals surface area contributed by atoms with Crippen LogP contribution in [0.15, 0.2) is 64.6 Å². The molecule has 0 aliphatic carbocycles. The molecule has 0 aliphatic rings. The van der Waals surface area contributed by atoms with Crippen LogP contribution < -0.4 is 0 Å². The molecule has 0 aromatic carbocycles. The molecule has 1 N–H and O–H groups in total. The lowest BCUT2D eigenvalue weighted by molar-refractivity contribution is -0.419. The summed E-state index contributed by atoms with van der Waals surface area (Å²) in [6.45, 7) is 8.72. The number of carboxylic acids is 1. The van der Waals surface area contributed by atoms with Gasteiger partial charge in [-0.1, -0.05) is 24.2 Å². The Balaban J connectivity index is 2.70. The maximum Gasteiger partial charge on any atom is 0.335 e. The molecule has 174 valence electrons. The Morgan fingerprint density at radius 2 is 1.97 bits per heavy atom. The molecule has 0 aliphatic heterocycles. The topological polar surface area (TPSA) is 125 Å².